The van der Waals surface area contributed by atoms with Gasteiger partial charge in [-0.2, -0.15) is 0 Å². The molecule has 0 fully saturated rings. The van der Waals surface area contributed by atoms with Crippen molar-refractivity contribution in [3.8, 4) is 0 Å². The van der Waals surface area contributed by atoms with Crippen molar-refractivity contribution >= 4 is 24.3 Å². The maximum Gasteiger partial charge on any atom is 0.320 e. The Morgan fingerprint density at radius 3 is 2.39 bits per heavy atom. The second-order valence-electron chi connectivity index (χ2n) is 5.24. The molecule has 5 nitrogen and oxygen atoms in total. The molecular weight excluding hydrogens is 323 g/mol. The minimum atomic E-state index is -0.951. The van der Waals surface area contributed by atoms with E-state index in [0.29, 0.717) is 19.4 Å². The maximum absolute atomic E-state index is 12.8. The zero-order valence-corrected chi connectivity index (χ0v) is 14.2. The van der Waals surface area contributed by atoms with Crippen molar-refractivity contribution in [1.82, 2.24) is 10.6 Å². The molecule has 1 amide bonds. The van der Waals surface area contributed by atoms with Gasteiger partial charge in [-0.25, -0.2) is 4.39 Å². The monoisotopic (exact) mass is 346 g/mol. The summed E-state index contributed by atoms with van der Waals surface area (Å²) in [6.07, 6.45) is 1.79. The molecule has 1 aromatic carbocycles. The zero-order valence-electron chi connectivity index (χ0n) is 13.3. The fourth-order valence-corrected chi connectivity index (χ4v) is 2.08. The number of amides is 1. The van der Waals surface area contributed by atoms with E-state index in [1.165, 1.54) is 12.1 Å². The van der Waals surface area contributed by atoms with Crippen LogP contribution in [0.5, 0.6) is 0 Å². The number of carboxylic acids is 1. The summed E-state index contributed by atoms with van der Waals surface area (Å²) in [5, 5.41) is 14.6. The summed E-state index contributed by atoms with van der Waals surface area (Å²) >= 11 is 0. The molecule has 0 saturated carbocycles. The molecule has 0 aromatic heterocycles. The molecule has 0 radical (unpaired) electrons. The van der Waals surface area contributed by atoms with Crippen LogP contribution in [0, 0.1) is 5.82 Å². The highest BCUT2D eigenvalue weighted by molar-refractivity contribution is 5.85. The highest BCUT2D eigenvalue weighted by Crippen LogP contribution is 2.03. The maximum atomic E-state index is 12.8. The average molecular weight is 347 g/mol. The molecule has 130 valence electrons. The second-order valence-corrected chi connectivity index (χ2v) is 5.24. The van der Waals surface area contributed by atoms with Crippen molar-refractivity contribution in [3.05, 3.63) is 35.6 Å². The summed E-state index contributed by atoms with van der Waals surface area (Å²) in [7, 11) is 0. The fraction of sp³-hybridized carbons (Fsp3) is 0.500. The Bertz CT molecular complexity index is 497. The van der Waals surface area contributed by atoms with Crippen molar-refractivity contribution in [2.24, 2.45) is 0 Å². The van der Waals surface area contributed by atoms with Crippen LogP contribution in [0.4, 0.5) is 4.39 Å². The van der Waals surface area contributed by atoms with Gasteiger partial charge in [0.1, 0.15) is 11.9 Å². The number of carbonyl (C=O) groups excluding carboxylic acids is 1. The van der Waals surface area contributed by atoms with Crippen molar-refractivity contribution in [2.45, 2.75) is 45.2 Å². The van der Waals surface area contributed by atoms with E-state index < -0.39 is 18.1 Å². The second kappa shape index (κ2) is 11.0. The predicted octanol–water partition coefficient (Wildman–Crippen LogP) is 2.14. The molecular formula is C16H24ClFN2O3. The summed E-state index contributed by atoms with van der Waals surface area (Å²) in [5.74, 6) is -1.49. The Morgan fingerprint density at radius 2 is 1.87 bits per heavy atom. The summed E-state index contributed by atoms with van der Waals surface area (Å²) in [6, 6.07) is 4.80. The molecule has 0 aliphatic carbocycles. The first-order valence-corrected chi connectivity index (χ1v) is 7.45. The van der Waals surface area contributed by atoms with Gasteiger partial charge in [-0.1, -0.05) is 25.5 Å². The van der Waals surface area contributed by atoms with Crippen molar-refractivity contribution in [3.63, 3.8) is 0 Å². The van der Waals surface area contributed by atoms with Gasteiger partial charge >= 0.3 is 5.97 Å². The summed E-state index contributed by atoms with van der Waals surface area (Å²) < 4.78 is 12.8. The minimum Gasteiger partial charge on any atom is -0.480 e. The Balaban J connectivity index is 0.00000484. The van der Waals surface area contributed by atoms with E-state index in [0.717, 1.165) is 12.0 Å². The SMILES string of the molecule is CCCC(NC(C)C(=O)NCCc1ccc(F)cc1)C(=O)O.Cl. The van der Waals surface area contributed by atoms with Gasteiger partial charge in [0.2, 0.25) is 5.91 Å². The molecule has 0 spiro atoms. The van der Waals surface area contributed by atoms with E-state index in [-0.39, 0.29) is 24.1 Å². The molecule has 23 heavy (non-hydrogen) atoms. The number of nitrogens with one attached hydrogen (secondary N) is 2. The van der Waals surface area contributed by atoms with Crippen LogP contribution in [0.15, 0.2) is 24.3 Å². The molecule has 1 rings (SSSR count). The van der Waals surface area contributed by atoms with Crippen molar-refractivity contribution < 1.29 is 19.1 Å². The van der Waals surface area contributed by atoms with Crippen molar-refractivity contribution in [2.75, 3.05) is 6.54 Å². The van der Waals surface area contributed by atoms with Gasteiger partial charge in [0.25, 0.3) is 0 Å². The Kier molecular flexibility index (Phi) is 10.2. The van der Waals surface area contributed by atoms with Crippen LogP contribution in [0.3, 0.4) is 0 Å². The van der Waals surface area contributed by atoms with Gasteiger partial charge in [-0.15, -0.1) is 12.4 Å². The van der Waals surface area contributed by atoms with Crippen LogP contribution in [-0.2, 0) is 16.0 Å². The predicted molar refractivity (Wildman–Crippen MR) is 89.3 cm³/mol. The molecule has 3 N–H and O–H groups in total. The molecule has 0 bridgehead atoms. The third kappa shape index (κ3) is 7.95. The number of halogens is 2. The Labute approximate surface area is 142 Å². The first kappa shape index (κ1) is 21.3. The van der Waals surface area contributed by atoms with Crippen LogP contribution in [0.1, 0.15) is 32.3 Å². The number of aliphatic carboxylic acids is 1. The number of carbonyl (C=O) groups is 2. The summed E-state index contributed by atoms with van der Waals surface area (Å²) in [4.78, 5) is 23.0. The lowest BCUT2D eigenvalue weighted by Gasteiger charge is -2.19. The lowest BCUT2D eigenvalue weighted by atomic mass is 10.1. The van der Waals surface area contributed by atoms with E-state index in [1.54, 1.807) is 19.1 Å². The molecule has 0 saturated heterocycles. The standard InChI is InChI=1S/C16H23FN2O3.ClH/c1-3-4-14(16(21)22)19-11(2)15(20)18-10-9-12-5-7-13(17)8-6-12;/h5-8,11,14,19H,3-4,9-10H2,1-2H3,(H,18,20)(H,21,22);1H. The van der Waals surface area contributed by atoms with E-state index in [9.17, 15) is 14.0 Å². The lowest BCUT2D eigenvalue weighted by molar-refractivity contribution is -0.140. The van der Waals surface area contributed by atoms with E-state index in [1.807, 2.05) is 6.92 Å². The Morgan fingerprint density at radius 1 is 1.26 bits per heavy atom. The highest BCUT2D eigenvalue weighted by atomic mass is 35.5. The molecule has 2 atom stereocenters. The molecule has 0 aliphatic heterocycles. The zero-order chi connectivity index (χ0) is 16.5. The van der Waals surface area contributed by atoms with Gasteiger partial charge < -0.3 is 10.4 Å². The van der Waals surface area contributed by atoms with Gasteiger partial charge in [0, 0.05) is 6.54 Å². The van der Waals surface area contributed by atoms with Gasteiger partial charge in [0.05, 0.1) is 6.04 Å². The van der Waals surface area contributed by atoms with E-state index in [2.05, 4.69) is 10.6 Å². The number of hydrogen-bond donors (Lipinski definition) is 3. The largest absolute Gasteiger partial charge is 0.480 e. The first-order chi connectivity index (χ1) is 10.4. The summed E-state index contributed by atoms with van der Waals surface area (Å²) in [6.45, 7) is 3.95. The number of rotatable bonds is 9. The summed E-state index contributed by atoms with van der Waals surface area (Å²) in [5.41, 5.74) is 0.928. The Hall–Kier alpha value is -1.66. The number of benzene rings is 1. The first-order valence-electron chi connectivity index (χ1n) is 7.45. The van der Waals surface area contributed by atoms with E-state index in [4.69, 9.17) is 5.11 Å². The fourth-order valence-electron chi connectivity index (χ4n) is 2.08. The molecule has 2 unspecified atom stereocenters. The lowest BCUT2D eigenvalue weighted by Crippen LogP contribution is -2.49. The smallest absolute Gasteiger partial charge is 0.320 e. The quantitative estimate of drug-likeness (QED) is 0.640. The topological polar surface area (TPSA) is 78.4 Å². The van der Waals surface area contributed by atoms with Crippen LogP contribution in [0.2, 0.25) is 0 Å². The highest BCUT2D eigenvalue weighted by Gasteiger charge is 2.21. The normalized spacial score (nSPS) is 12.8. The van der Waals surface area contributed by atoms with Gasteiger partial charge in [-0.05, 0) is 37.5 Å². The van der Waals surface area contributed by atoms with Crippen LogP contribution >= 0.6 is 12.4 Å². The van der Waals surface area contributed by atoms with E-state index >= 15 is 0 Å². The van der Waals surface area contributed by atoms with Crippen LogP contribution < -0.4 is 10.6 Å². The number of carboxylic acid groups (broad SMARTS) is 1. The van der Waals surface area contributed by atoms with Crippen LogP contribution in [0.25, 0.3) is 0 Å². The van der Waals surface area contributed by atoms with Crippen LogP contribution in [-0.4, -0.2) is 35.6 Å². The van der Waals surface area contributed by atoms with Gasteiger partial charge in [-0.3, -0.25) is 14.9 Å². The van der Waals surface area contributed by atoms with Gasteiger partial charge in [0.15, 0.2) is 0 Å². The molecule has 0 heterocycles. The molecule has 1 aromatic rings. The van der Waals surface area contributed by atoms with Crippen molar-refractivity contribution in [1.29, 1.82) is 0 Å². The molecule has 0 aliphatic rings. The minimum absolute atomic E-state index is 0. The average Bonchev–Trinajstić information content (AvgIpc) is 2.48. The number of hydrogen-bond acceptors (Lipinski definition) is 3. The third-order valence-corrected chi connectivity index (χ3v) is 3.35. The third-order valence-electron chi connectivity index (χ3n) is 3.35. The molecule has 7 heteroatoms.